The van der Waals surface area contributed by atoms with Crippen molar-refractivity contribution in [3.63, 3.8) is 0 Å². The summed E-state index contributed by atoms with van der Waals surface area (Å²) >= 11 is 0. The first-order valence-electron chi connectivity index (χ1n) is 6.97. The number of carbonyl (C=O) groups excluding carboxylic acids is 1. The van der Waals surface area contributed by atoms with Crippen molar-refractivity contribution >= 4 is 16.8 Å². The highest BCUT2D eigenvalue weighted by molar-refractivity contribution is 7.86. The first kappa shape index (κ1) is 18.1. The van der Waals surface area contributed by atoms with E-state index in [1.54, 1.807) is 60.7 Å². The van der Waals surface area contributed by atoms with Gasteiger partial charge in [0.1, 0.15) is 4.75 Å². The van der Waals surface area contributed by atoms with Gasteiger partial charge in [-0.05, 0) is 18.1 Å². The van der Waals surface area contributed by atoms with Gasteiger partial charge in [-0.3, -0.25) is 4.21 Å². The number of quaternary nitrogens is 1. The predicted octanol–water partition coefficient (Wildman–Crippen LogP) is 0.307. The van der Waals surface area contributed by atoms with Crippen LogP contribution in [0.5, 0.6) is 0 Å². The number of carboxylic acid groups (broad SMARTS) is 1. The Hall–Kier alpha value is -1.98. The van der Waals surface area contributed by atoms with Gasteiger partial charge in [0, 0.05) is 17.1 Å². The molecule has 4 nitrogen and oxygen atoms in total. The van der Waals surface area contributed by atoms with E-state index < -0.39 is 21.5 Å². The largest absolute Gasteiger partial charge is 0.548 e. The molecule has 1 atom stereocenters. The van der Waals surface area contributed by atoms with Crippen LogP contribution in [0.15, 0.2) is 60.7 Å². The minimum Gasteiger partial charge on any atom is -0.548 e. The third-order valence-electron chi connectivity index (χ3n) is 3.08. The normalized spacial score (nSPS) is 12.0. The molecule has 0 spiro atoms. The summed E-state index contributed by atoms with van der Waals surface area (Å²) in [5.41, 5.74) is 4.41. The molecule has 22 heavy (non-hydrogen) atoms. The second-order valence-corrected chi connectivity index (χ2v) is 6.18. The van der Waals surface area contributed by atoms with E-state index in [1.807, 2.05) is 6.92 Å². The number of hydrogen-bond acceptors (Lipinski definition) is 3. The van der Waals surface area contributed by atoms with Crippen LogP contribution >= 0.6 is 0 Å². The lowest BCUT2D eigenvalue weighted by Gasteiger charge is -2.33. The number of rotatable bonds is 4. The highest BCUT2D eigenvalue weighted by Crippen LogP contribution is 2.34. The molecule has 0 fully saturated rings. The van der Waals surface area contributed by atoms with Crippen LogP contribution in [0.25, 0.3) is 0 Å². The molecule has 0 aliphatic carbocycles. The van der Waals surface area contributed by atoms with Crippen LogP contribution in [0.1, 0.15) is 18.1 Å². The zero-order chi connectivity index (χ0) is 16.6. The number of carboxylic acids is 1. The first-order chi connectivity index (χ1) is 10.5. The van der Waals surface area contributed by atoms with E-state index in [1.165, 1.54) is 6.26 Å². The number of hydrogen-bond donors (Lipinski definition) is 1. The van der Waals surface area contributed by atoms with Gasteiger partial charge in [-0.2, -0.15) is 0 Å². The van der Waals surface area contributed by atoms with Crippen LogP contribution in [0.4, 0.5) is 0 Å². The fourth-order valence-corrected chi connectivity index (χ4v) is 3.37. The number of benzene rings is 2. The first-order valence-corrected chi connectivity index (χ1v) is 8.52. The van der Waals surface area contributed by atoms with E-state index in [2.05, 4.69) is 5.73 Å². The molecule has 2 aromatic carbocycles. The van der Waals surface area contributed by atoms with Crippen LogP contribution in [0.2, 0.25) is 0 Å². The summed E-state index contributed by atoms with van der Waals surface area (Å²) in [6.07, 6.45) is 1.38. The van der Waals surface area contributed by atoms with Gasteiger partial charge >= 0.3 is 0 Å². The maximum atomic E-state index is 12.2. The van der Waals surface area contributed by atoms with Crippen LogP contribution in [0, 0.1) is 0 Å². The summed E-state index contributed by atoms with van der Waals surface area (Å²) < 4.78 is 10.6. The smallest absolute Gasteiger partial charge is 0.135 e. The Morgan fingerprint density at radius 3 is 1.59 bits per heavy atom. The van der Waals surface area contributed by atoms with Crippen LogP contribution < -0.4 is 10.8 Å². The van der Waals surface area contributed by atoms with Crippen molar-refractivity contribution in [2.24, 2.45) is 0 Å². The number of carbonyl (C=O) groups is 1. The van der Waals surface area contributed by atoms with E-state index in [9.17, 15) is 14.1 Å². The van der Waals surface area contributed by atoms with Gasteiger partial charge < -0.3 is 15.6 Å². The molecule has 0 radical (unpaired) electrons. The Morgan fingerprint density at radius 1 is 1.05 bits per heavy atom. The van der Waals surface area contributed by atoms with Crippen molar-refractivity contribution in [1.29, 1.82) is 0 Å². The SMILES string of the molecule is CC[NH3+].C[S@@](=O)C(C(=O)[O-])(c1ccccc1)c1ccccc1. The van der Waals surface area contributed by atoms with Crippen molar-refractivity contribution in [3.8, 4) is 0 Å². The minimum absolute atomic E-state index is 0.460. The average molecular weight is 319 g/mol. The molecule has 3 N–H and O–H groups in total. The summed E-state index contributed by atoms with van der Waals surface area (Å²) in [5.74, 6) is -1.36. The zero-order valence-corrected chi connectivity index (χ0v) is 13.6. The average Bonchev–Trinajstić information content (AvgIpc) is 2.50. The molecule has 0 heterocycles. The standard InChI is InChI=1S/C15H14O3S.C2H7N/c1-19(18)15(14(16)17,12-8-4-2-5-9-12)13-10-6-3-7-11-13;1-2-3/h2-11H,1H3,(H,16,17);2-3H2,1H3/t19-;/m1./s1. The summed E-state index contributed by atoms with van der Waals surface area (Å²) in [6, 6.07) is 17.1. The molecule has 0 bridgehead atoms. The van der Waals surface area contributed by atoms with E-state index in [-0.39, 0.29) is 0 Å². The van der Waals surface area contributed by atoms with Crippen LogP contribution in [-0.2, 0) is 20.3 Å². The van der Waals surface area contributed by atoms with Crippen molar-refractivity contribution in [2.75, 3.05) is 12.8 Å². The molecular formula is C17H21NO3S. The summed E-state index contributed by atoms with van der Waals surface area (Å²) in [4.78, 5) is 11.8. The fraction of sp³-hybridized carbons (Fsp3) is 0.235. The fourth-order valence-electron chi connectivity index (χ4n) is 2.20. The molecular weight excluding hydrogens is 298 g/mol. The lowest BCUT2D eigenvalue weighted by Crippen LogP contribution is -2.49. The summed E-state index contributed by atoms with van der Waals surface area (Å²) in [5, 5.41) is 11.8. The molecule has 5 heteroatoms. The molecule has 118 valence electrons. The van der Waals surface area contributed by atoms with Gasteiger partial charge in [0.2, 0.25) is 0 Å². The molecule has 0 aliphatic heterocycles. The maximum Gasteiger partial charge on any atom is 0.135 e. The van der Waals surface area contributed by atoms with Gasteiger partial charge in [-0.15, -0.1) is 0 Å². The molecule has 0 saturated heterocycles. The molecule has 0 saturated carbocycles. The van der Waals surface area contributed by atoms with E-state index in [0.29, 0.717) is 11.1 Å². The third-order valence-corrected chi connectivity index (χ3v) is 4.58. The van der Waals surface area contributed by atoms with E-state index in [4.69, 9.17) is 0 Å². The Morgan fingerprint density at radius 2 is 1.36 bits per heavy atom. The third kappa shape index (κ3) is 3.61. The quantitative estimate of drug-likeness (QED) is 0.880. The minimum atomic E-state index is -1.66. The molecule has 0 aromatic heterocycles. The van der Waals surface area contributed by atoms with Crippen molar-refractivity contribution < 1.29 is 19.8 Å². The molecule has 0 unspecified atom stereocenters. The van der Waals surface area contributed by atoms with E-state index >= 15 is 0 Å². The molecule has 0 aliphatic rings. The van der Waals surface area contributed by atoms with Crippen molar-refractivity contribution in [2.45, 2.75) is 11.7 Å². The Bertz CT molecular complexity index is 559. The molecule has 0 amide bonds. The highest BCUT2D eigenvalue weighted by atomic mass is 32.2. The van der Waals surface area contributed by atoms with Gasteiger partial charge in [-0.25, -0.2) is 0 Å². The monoisotopic (exact) mass is 319 g/mol. The van der Waals surface area contributed by atoms with Gasteiger partial charge in [0.05, 0.1) is 12.5 Å². The van der Waals surface area contributed by atoms with Crippen molar-refractivity contribution in [1.82, 2.24) is 0 Å². The van der Waals surface area contributed by atoms with Gasteiger partial charge in [-0.1, -0.05) is 60.7 Å². The molecule has 2 rings (SSSR count). The second kappa shape index (κ2) is 8.46. The topological polar surface area (TPSA) is 84.8 Å². The lowest BCUT2D eigenvalue weighted by atomic mass is 9.90. The van der Waals surface area contributed by atoms with Crippen molar-refractivity contribution in [3.05, 3.63) is 71.8 Å². The maximum absolute atomic E-state index is 12.2. The van der Waals surface area contributed by atoms with E-state index in [0.717, 1.165) is 6.54 Å². The van der Waals surface area contributed by atoms with Crippen LogP contribution in [0.3, 0.4) is 0 Å². The number of aliphatic carboxylic acids is 1. The lowest BCUT2D eigenvalue weighted by molar-refractivity contribution is -0.361. The highest BCUT2D eigenvalue weighted by Gasteiger charge is 2.40. The Labute approximate surface area is 133 Å². The summed E-state index contributed by atoms with van der Waals surface area (Å²) in [6.45, 7) is 3.01. The molecule has 2 aromatic rings. The Balaban J connectivity index is 0.000000745. The van der Waals surface area contributed by atoms with Gasteiger partial charge in [0.15, 0.2) is 0 Å². The zero-order valence-electron chi connectivity index (χ0n) is 12.8. The predicted molar refractivity (Wildman–Crippen MR) is 86.2 cm³/mol. The van der Waals surface area contributed by atoms with Gasteiger partial charge in [0.25, 0.3) is 0 Å². The second-order valence-electron chi connectivity index (χ2n) is 4.65. The summed E-state index contributed by atoms with van der Waals surface area (Å²) in [7, 11) is -1.66. The Kier molecular flexibility index (Phi) is 6.95. The van der Waals surface area contributed by atoms with Crippen LogP contribution in [-0.4, -0.2) is 23.0 Å².